The zero-order valence-corrected chi connectivity index (χ0v) is 11.5. The Balaban J connectivity index is 2.99. The summed E-state index contributed by atoms with van der Waals surface area (Å²) in [5, 5.41) is 14.7. The maximum atomic E-state index is 12.1. The smallest absolute Gasteiger partial charge is 0.264 e. The minimum Gasteiger partial charge on any atom is -0.409 e. The highest BCUT2D eigenvalue weighted by Crippen LogP contribution is 2.19. The number of aromatic nitrogens is 1. The summed E-state index contributed by atoms with van der Waals surface area (Å²) in [6.45, 7) is 5.52. The van der Waals surface area contributed by atoms with Crippen LogP contribution >= 0.6 is 11.3 Å². The first-order valence-corrected chi connectivity index (χ1v) is 6.59. The molecular weight excluding hydrogens is 252 g/mol. The number of rotatable bonds is 5. The lowest BCUT2D eigenvalue weighted by Gasteiger charge is -2.31. The van der Waals surface area contributed by atoms with Crippen molar-refractivity contribution in [3.63, 3.8) is 0 Å². The molecule has 0 atom stereocenters. The van der Waals surface area contributed by atoms with Gasteiger partial charge in [-0.25, -0.2) is 4.98 Å². The molecule has 0 unspecified atom stereocenters. The molecule has 1 aromatic rings. The third-order valence-electron chi connectivity index (χ3n) is 3.11. The Bertz CT molecular complexity index is 452. The van der Waals surface area contributed by atoms with Crippen molar-refractivity contribution in [3.05, 3.63) is 16.1 Å². The van der Waals surface area contributed by atoms with E-state index in [1.807, 2.05) is 13.8 Å². The molecular formula is C11H18N4O2S. The Hall–Kier alpha value is -1.63. The maximum absolute atomic E-state index is 12.1. The Morgan fingerprint density at radius 3 is 2.61 bits per heavy atom. The lowest BCUT2D eigenvalue weighted by atomic mass is 9.91. The number of amides is 1. The molecule has 6 nitrogen and oxygen atoms in total. The number of amidine groups is 1. The van der Waals surface area contributed by atoms with Gasteiger partial charge in [-0.3, -0.25) is 4.79 Å². The number of nitrogens with zero attached hydrogens (tertiary/aromatic N) is 2. The van der Waals surface area contributed by atoms with Crippen LogP contribution in [0.2, 0.25) is 0 Å². The summed E-state index contributed by atoms with van der Waals surface area (Å²) in [6.07, 6.45) is 1.09. The van der Waals surface area contributed by atoms with Crippen molar-refractivity contribution in [2.24, 2.45) is 10.9 Å². The molecule has 1 heterocycles. The third-order valence-corrected chi connectivity index (χ3v) is 4.04. The van der Waals surface area contributed by atoms with Crippen LogP contribution in [0.25, 0.3) is 0 Å². The highest BCUT2D eigenvalue weighted by molar-refractivity contribution is 7.11. The predicted octanol–water partition coefficient (Wildman–Crippen LogP) is 1.49. The Morgan fingerprint density at radius 2 is 2.22 bits per heavy atom. The average molecular weight is 270 g/mol. The monoisotopic (exact) mass is 270 g/mol. The zero-order valence-electron chi connectivity index (χ0n) is 10.7. The van der Waals surface area contributed by atoms with E-state index in [0.717, 1.165) is 0 Å². The summed E-state index contributed by atoms with van der Waals surface area (Å²) in [5.41, 5.74) is 7.17. The lowest BCUT2D eigenvalue weighted by molar-refractivity contribution is 0.0921. The first-order valence-electron chi connectivity index (χ1n) is 5.71. The molecule has 0 aliphatic heterocycles. The van der Waals surface area contributed by atoms with E-state index in [4.69, 9.17) is 10.9 Å². The number of nitrogens with two attached hydrogens (primary N) is 1. The number of thiazole rings is 1. The summed E-state index contributed by atoms with van der Waals surface area (Å²) >= 11 is 1.27. The normalized spacial score (nSPS) is 12.5. The van der Waals surface area contributed by atoms with Gasteiger partial charge in [0, 0.05) is 0 Å². The number of oxime groups is 1. The van der Waals surface area contributed by atoms with Crippen molar-refractivity contribution in [2.75, 3.05) is 0 Å². The van der Waals surface area contributed by atoms with Gasteiger partial charge in [0.25, 0.3) is 5.91 Å². The standard InChI is InChI=1S/C11H18N4O2S/c1-4-11(5-2,10(12)15-17)14-9(16)8-7(3)13-6-18-8/h6,17H,4-5H2,1-3H3,(H2,12,15)(H,14,16). The van der Waals surface area contributed by atoms with Gasteiger partial charge in [0.2, 0.25) is 0 Å². The second-order valence-corrected chi connectivity index (χ2v) is 4.85. The second-order valence-electron chi connectivity index (χ2n) is 4.00. The summed E-state index contributed by atoms with van der Waals surface area (Å²) in [4.78, 5) is 16.7. The van der Waals surface area contributed by atoms with Crippen LogP contribution in [0.1, 0.15) is 42.1 Å². The first kappa shape index (κ1) is 14.4. The molecule has 0 spiro atoms. The van der Waals surface area contributed by atoms with Crippen LogP contribution in [0.4, 0.5) is 0 Å². The molecule has 1 amide bonds. The summed E-state index contributed by atoms with van der Waals surface area (Å²) in [7, 11) is 0. The van der Waals surface area contributed by atoms with Gasteiger partial charge in [0.15, 0.2) is 5.84 Å². The minimum absolute atomic E-state index is 0.0167. The van der Waals surface area contributed by atoms with E-state index in [1.165, 1.54) is 11.3 Å². The largest absolute Gasteiger partial charge is 0.409 e. The highest BCUT2D eigenvalue weighted by atomic mass is 32.1. The van der Waals surface area contributed by atoms with E-state index in [-0.39, 0.29) is 11.7 Å². The molecule has 1 aromatic heterocycles. The first-order chi connectivity index (χ1) is 8.50. The van der Waals surface area contributed by atoms with Gasteiger partial charge in [-0.15, -0.1) is 11.3 Å². The number of nitrogens with one attached hydrogen (secondary N) is 1. The molecule has 100 valence electrons. The number of hydrogen-bond donors (Lipinski definition) is 3. The van der Waals surface area contributed by atoms with Crippen molar-refractivity contribution in [3.8, 4) is 0 Å². The van der Waals surface area contributed by atoms with Crippen LogP contribution in [0.3, 0.4) is 0 Å². The predicted molar refractivity (Wildman–Crippen MR) is 71.0 cm³/mol. The van der Waals surface area contributed by atoms with E-state index >= 15 is 0 Å². The summed E-state index contributed by atoms with van der Waals surface area (Å²) in [6, 6.07) is 0. The fourth-order valence-electron chi connectivity index (χ4n) is 1.74. The quantitative estimate of drug-likeness (QED) is 0.326. The lowest BCUT2D eigenvalue weighted by Crippen LogP contribution is -2.56. The summed E-state index contributed by atoms with van der Waals surface area (Å²) in [5.74, 6) is -0.228. The molecule has 1 rings (SSSR count). The van der Waals surface area contributed by atoms with Gasteiger partial charge >= 0.3 is 0 Å². The van der Waals surface area contributed by atoms with Crippen LogP contribution in [-0.4, -0.2) is 27.5 Å². The molecule has 18 heavy (non-hydrogen) atoms. The summed E-state index contributed by atoms with van der Waals surface area (Å²) < 4.78 is 0. The average Bonchev–Trinajstić information content (AvgIpc) is 2.81. The molecule has 0 saturated heterocycles. The van der Waals surface area contributed by atoms with Crippen molar-refractivity contribution in [1.29, 1.82) is 0 Å². The zero-order chi connectivity index (χ0) is 13.8. The van der Waals surface area contributed by atoms with Crippen molar-refractivity contribution in [2.45, 2.75) is 39.2 Å². The van der Waals surface area contributed by atoms with Gasteiger partial charge in [-0.2, -0.15) is 0 Å². The molecule has 0 radical (unpaired) electrons. The highest BCUT2D eigenvalue weighted by Gasteiger charge is 2.34. The van der Waals surface area contributed by atoms with Gasteiger partial charge in [-0.05, 0) is 19.8 Å². The van der Waals surface area contributed by atoms with Crippen LogP contribution in [0, 0.1) is 6.92 Å². The maximum Gasteiger partial charge on any atom is 0.264 e. The van der Waals surface area contributed by atoms with Crippen LogP contribution in [0.15, 0.2) is 10.7 Å². The molecule has 4 N–H and O–H groups in total. The Morgan fingerprint density at radius 1 is 1.61 bits per heavy atom. The SMILES string of the molecule is CCC(CC)(NC(=O)c1scnc1C)/C(N)=N/O. The van der Waals surface area contributed by atoms with Crippen molar-refractivity contribution >= 4 is 23.1 Å². The molecule has 0 aromatic carbocycles. The number of aryl methyl sites for hydroxylation is 1. The molecule has 0 aliphatic rings. The van der Waals surface area contributed by atoms with Crippen LogP contribution in [0.5, 0.6) is 0 Å². The topological polar surface area (TPSA) is 101 Å². The second kappa shape index (κ2) is 5.81. The van der Waals surface area contributed by atoms with E-state index < -0.39 is 5.54 Å². The fraction of sp³-hybridized carbons (Fsp3) is 0.545. The molecule has 0 fully saturated rings. The van der Waals surface area contributed by atoms with Gasteiger partial charge in [0.1, 0.15) is 10.4 Å². The van der Waals surface area contributed by atoms with Gasteiger partial charge < -0.3 is 16.3 Å². The molecule has 7 heteroatoms. The Labute approximate surface area is 110 Å². The van der Waals surface area contributed by atoms with Gasteiger partial charge in [0.05, 0.1) is 11.2 Å². The molecule has 0 aliphatic carbocycles. The van der Waals surface area contributed by atoms with Crippen molar-refractivity contribution in [1.82, 2.24) is 10.3 Å². The minimum atomic E-state index is -0.817. The Kier molecular flexibility index (Phi) is 4.66. The van der Waals surface area contributed by atoms with E-state index in [9.17, 15) is 4.79 Å². The number of carbonyl (C=O) groups excluding carboxylic acids is 1. The van der Waals surface area contributed by atoms with Crippen molar-refractivity contribution < 1.29 is 10.0 Å². The fourth-order valence-corrected chi connectivity index (χ4v) is 2.44. The molecule has 0 saturated carbocycles. The van der Waals surface area contributed by atoms with Crippen LogP contribution < -0.4 is 11.1 Å². The number of carbonyl (C=O) groups is 1. The third kappa shape index (κ3) is 2.61. The van der Waals surface area contributed by atoms with Gasteiger partial charge in [-0.1, -0.05) is 19.0 Å². The van der Waals surface area contributed by atoms with E-state index in [0.29, 0.717) is 23.4 Å². The van der Waals surface area contributed by atoms with E-state index in [2.05, 4.69) is 15.5 Å². The molecule has 0 bridgehead atoms. The number of hydrogen-bond acceptors (Lipinski definition) is 5. The van der Waals surface area contributed by atoms with Crippen LogP contribution in [-0.2, 0) is 0 Å². The van der Waals surface area contributed by atoms with E-state index in [1.54, 1.807) is 12.4 Å².